The maximum absolute atomic E-state index is 11.7. The molecule has 5 nitrogen and oxygen atoms in total. The van der Waals surface area contributed by atoms with Crippen molar-refractivity contribution >= 4 is 18.2 Å². The maximum atomic E-state index is 11.7. The average molecular weight is 264 g/mol. The largest absolute Gasteiger partial charge is 0.496 e. The zero-order chi connectivity index (χ0) is 13.1. The van der Waals surface area contributed by atoms with E-state index in [1.54, 1.807) is 13.2 Å². The molecule has 18 heavy (non-hydrogen) atoms. The van der Waals surface area contributed by atoms with Crippen LogP contribution in [0, 0.1) is 4.77 Å². The van der Waals surface area contributed by atoms with E-state index in [4.69, 9.17) is 21.7 Å². The summed E-state index contributed by atoms with van der Waals surface area (Å²) in [5, 5.41) is 0. The van der Waals surface area contributed by atoms with Crippen molar-refractivity contribution in [2.45, 2.75) is 0 Å². The van der Waals surface area contributed by atoms with E-state index in [-0.39, 0.29) is 5.69 Å². The lowest BCUT2D eigenvalue weighted by Crippen LogP contribution is -2.04. The number of imidazole rings is 1. The summed E-state index contributed by atoms with van der Waals surface area (Å²) in [5.41, 5.74) is 1.59. The fourth-order valence-corrected chi connectivity index (χ4v) is 1.90. The summed E-state index contributed by atoms with van der Waals surface area (Å²) in [7, 11) is 2.89. The molecule has 1 aromatic heterocycles. The Morgan fingerprint density at radius 1 is 1.22 bits per heavy atom. The highest BCUT2D eigenvalue weighted by atomic mass is 32.1. The number of nitrogens with one attached hydrogen (secondary N) is 2. The normalized spacial score (nSPS) is 10.1. The summed E-state index contributed by atoms with van der Waals surface area (Å²) in [6, 6.07) is 7.34. The molecule has 1 heterocycles. The lowest BCUT2D eigenvalue weighted by Gasteiger charge is -2.07. The van der Waals surface area contributed by atoms with E-state index in [0.29, 0.717) is 16.2 Å². The quantitative estimate of drug-likeness (QED) is 0.660. The first-order chi connectivity index (χ1) is 8.67. The van der Waals surface area contributed by atoms with Crippen molar-refractivity contribution in [2.24, 2.45) is 0 Å². The van der Waals surface area contributed by atoms with Gasteiger partial charge in [0.1, 0.15) is 5.75 Å². The number of rotatable bonds is 3. The van der Waals surface area contributed by atoms with Gasteiger partial charge in [-0.05, 0) is 24.4 Å². The van der Waals surface area contributed by atoms with Gasteiger partial charge >= 0.3 is 5.97 Å². The van der Waals surface area contributed by atoms with Crippen LogP contribution in [0.5, 0.6) is 5.75 Å². The van der Waals surface area contributed by atoms with Crippen LogP contribution in [0.1, 0.15) is 10.5 Å². The van der Waals surface area contributed by atoms with Crippen molar-refractivity contribution < 1.29 is 14.3 Å². The van der Waals surface area contributed by atoms with Crippen LogP contribution in [-0.2, 0) is 4.74 Å². The minimum atomic E-state index is -0.483. The number of carbonyl (C=O) groups excluding carboxylic acids is 1. The molecule has 0 saturated carbocycles. The molecule has 0 atom stereocenters. The number of esters is 1. The molecule has 0 unspecified atom stereocenters. The number of hydrogen-bond donors (Lipinski definition) is 2. The fraction of sp³-hybridized carbons (Fsp3) is 0.167. The number of aromatic nitrogens is 2. The molecule has 0 aliphatic heterocycles. The summed E-state index contributed by atoms with van der Waals surface area (Å²) < 4.78 is 10.3. The number of carbonyl (C=O) groups is 1. The molecule has 0 amide bonds. The van der Waals surface area contributed by atoms with Crippen LogP contribution >= 0.6 is 12.2 Å². The fourth-order valence-electron chi connectivity index (χ4n) is 1.69. The number of H-pyrrole nitrogens is 2. The zero-order valence-corrected chi connectivity index (χ0v) is 10.8. The number of benzene rings is 1. The molecular formula is C12H12N2O3S. The first kappa shape index (κ1) is 12.4. The summed E-state index contributed by atoms with van der Waals surface area (Å²) >= 11 is 5.01. The van der Waals surface area contributed by atoms with Crippen LogP contribution in [0.25, 0.3) is 11.3 Å². The van der Waals surface area contributed by atoms with Crippen molar-refractivity contribution in [3.63, 3.8) is 0 Å². The third-order valence-electron chi connectivity index (χ3n) is 2.49. The second kappa shape index (κ2) is 5.05. The second-order valence-corrected chi connectivity index (χ2v) is 3.93. The van der Waals surface area contributed by atoms with Gasteiger partial charge in [-0.3, -0.25) is 0 Å². The molecule has 0 fully saturated rings. The highest BCUT2D eigenvalue weighted by molar-refractivity contribution is 7.71. The SMILES string of the molecule is COC(=O)c1[nH]c(=S)[nH]c1-c1ccccc1OC. The van der Waals surface area contributed by atoms with Crippen molar-refractivity contribution in [3.8, 4) is 17.0 Å². The highest BCUT2D eigenvalue weighted by Crippen LogP contribution is 2.30. The molecule has 6 heteroatoms. The summed E-state index contributed by atoms with van der Waals surface area (Å²) in [6.07, 6.45) is 0. The molecule has 2 rings (SSSR count). The van der Waals surface area contributed by atoms with E-state index in [1.165, 1.54) is 7.11 Å². The van der Waals surface area contributed by atoms with E-state index >= 15 is 0 Å². The summed E-state index contributed by atoms with van der Waals surface area (Å²) in [6.45, 7) is 0. The van der Waals surface area contributed by atoms with Crippen LogP contribution in [0.2, 0.25) is 0 Å². The second-order valence-electron chi connectivity index (χ2n) is 3.52. The van der Waals surface area contributed by atoms with E-state index in [0.717, 1.165) is 5.56 Å². The Morgan fingerprint density at radius 3 is 2.61 bits per heavy atom. The number of methoxy groups -OCH3 is 2. The Kier molecular flexibility index (Phi) is 3.47. The summed E-state index contributed by atoms with van der Waals surface area (Å²) in [4.78, 5) is 17.4. The Balaban J connectivity index is 2.63. The highest BCUT2D eigenvalue weighted by Gasteiger charge is 2.18. The maximum Gasteiger partial charge on any atom is 0.356 e. The molecular weight excluding hydrogens is 252 g/mol. The molecule has 0 aliphatic carbocycles. The van der Waals surface area contributed by atoms with Crippen LogP contribution in [0.3, 0.4) is 0 Å². The standard InChI is InChI=1S/C12H12N2O3S/c1-16-8-6-4-3-5-7(8)9-10(11(15)17-2)14-12(18)13-9/h3-6H,1-2H3,(H2,13,14,18). The van der Waals surface area contributed by atoms with Gasteiger partial charge in [0, 0.05) is 5.56 Å². The van der Waals surface area contributed by atoms with Gasteiger partial charge in [0.25, 0.3) is 0 Å². The van der Waals surface area contributed by atoms with Gasteiger partial charge in [-0.1, -0.05) is 12.1 Å². The van der Waals surface area contributed by atoms with Gasteiger partial charge in [0.2, 0.25) is 0 Å². The summed E-state index contributed by atoms with van der Waals surface area (Å²) in [5.74, 6) is 0.163. The minimum absolute atomic E-state index is 0.284. The van der Waals surface area contributed by atoms with Crippen molar-refractivity contribution in [3.05, 3.63) is 34.7 Å². The Morgan fingerprint density at radius 2 is 1.94 bits per heavy atom. The topological polar surface area (TPSA) is 67.1 Å². The van der Waals surface area contributed by atoms with Gasteiger partial charge in [-0.15, -0.1) is 0 Å². The molecule has 0 saturated heterocycles. The number of para-hydroxylation sites is 1. The van der Waals surface area contributed by atoms with Crippen LogP contribution in [0.15, 0.2) is 24.3 Å². The van der Waals surface area contributed by atoms with Gasteiger partial charge < -0.3 is 19.4 Å². The Labute approximate surface area is 109 Å². The van der Waals surface area contributed by atoms with E-state index in [2.05, 4.69) is 9.97 Å². The molecule has 94 valence electrons. The van der Waals surface area contributed by atoms with Gasteiger partial charge in [-0.25, -0.2) is 4.79 Å². The third-order valence-corrected chi connectivity index (χ3v) is 2.70. The van der Waals surface area contributed by atoms with E-state index < -0.39 is 5.97 Å². The molecule has 0 bridgehead atoms. The van der Waals surface area contributed by atoms with Crippen molar-refractivity contribution in [2.75, 3.05) is 14.2 Å². The van der Waals surface area contributed by atoms with Crippen molar-refractivity contribution in [1.29, 1.82) is 0 Å². The number of hydrogen-bond acceptors (Lipinski definition) is 4. The molecule has 0 radical (unpaired) electrons. The lowest BCUT2D eigenvalue weighted by atomic mass is 10.1. The minimum Gasteiger partial charge on any atom is -0.496 e. The van der Waals surface area contributed by atoms with E-state index in [1.807, 2.05) is 18.2 Å². The number of ether oxygens (including phenoxy) is 2. The predicted octanol–water partition coefficient (Wildman–Crippen LogP) is 2.53. The first-order valence-corrected chi connectivity index (χ1v) is 5.62. The predicted molar refractivity (Wildman–Crippen MR) is 69.3 cm³/mol. The number of aromatic amines is 2. The zero-order valence-electron chi connectivity index (χ0n) is 9.94. The molecule has 2 N–H and O–H groups in total. The lowest BCUT2D eigenvalue weighted by molar-refractivity contribution is 0.0595. The monoisotopic (exact) mass is 264 g/mol. The first-order valence-electron chi connectivity index (χ1n) is 5.21. The van der Waals surface area contributed by atoms with E-state index in [9.17, 15) is 4.79 Å². The van der Waals surface area contributed by atoms with Crippen molar-refractivity contribution in [1.82, 2.24) is 9.97 Å². The molecule has 2 aromatic rings. The van der Waals surface area contributed by atoms with Gasteiger partial charge in [0.15, 0.2) is 10.5 Å². The molecule has 1 aromatic carbocycles. The van der Waals surface area contributed by atoms with Crippen LogP contribution in [-0.4, -0.2) is 30.2 Å². The third kappa shape index (κ3) is 2.14. The van der Waals surface area contributed by atoms with Crippen LogP contribution in [0.4, 0.5) is 0 Å². The Hall–Kier alpha value is -2.08. The van der Waals surface area contributed by atoms with Gasteiger partial charge in [0.05, 0.1) is 19.9 Å². The van der Waals surface area contributed by atoms with Gasteiger partial charge in [-0.2, -0.15) is 0 Å². The Bertz CT molecular complexity index is 630. The van der Waals surface area contributed by atoms with Crippen LogP contribution < -0.4 is 4.74 Å². The molecule has 0 aliphatic rings. The smallest absolute Gasteiger partial charge is 0.356 e. The molecule has 0 spiro atoms. The average Bonchev–Trinajstić information content (AvgIpc) is 2.79.